The monoisotopic (exact) mass is 505 g/mol. The first-order valence-electron chi connectivity index (χ1n) is 12.1. The van der Waals surface area contributed by atoms with E-state index in [-0.39, 0.29) is 17.8 Å². The molecule has 0 radical (unpaired) electrons. The van der Waals surface area contributed by atoms with E-state index in [1.54, 1.807) is 19.4 Å². The van der Waals surface area contributed by atoms with Gasteiger partial charge in [0.25, 0.3) is 0 Å². The zero-order valence-electron chi connectivity index (χ0n) is 20.7. The van der Waals surface area contributed by atoms with Crippen LogP contribution in [-0.2, 0) is 0 Å². The first-order valence-corrected chi connectivity index (χ1v) is 12.1. The number of pyridine rings is 1. The van der Waals surface area contributed by atoms with Gasteiger partial charge in [0, 0.05) is 31.3 Å². The minimum atomic E-state index is -4.48. The highest BCUT2D eigenvalue weighted by Gasteiger charge is 2.43. The lowest BCUT2D eigenvalue weighted by atomic mass is 9.92. The van der Waals surface area contributed by atoms with Crippen molar-refractivity contribution in [2.24, 2.45) is 11.8 Å². The number of aromatic nitrogens is 5. The Morgan fingerprint density at radius 1 is 1.11 bits per heavy atom. The van der Waals surface area contributed by atoms with Crippen molar-refractivity contribution < 1.29 is 22.6 Å². The van der Waals surface area contributed by atoms with Gasteiger partial charge >= 0.3 is 6.18 Å². The van der Waals surface area contributed by atoms with Crippen molar-refractivity contribution >= 4 is 17.3 Å². The van der Waals surface area contributed by atoms with Crippen molar-refractivity contribution in [3.8, 4) is 11.8 Å². The van der Waals surface area contributed by atoms with E-state index in [2.05, 4.69) is 30.5 Å². The van der Waals surface area contributed by atoms with Gasteiger partial charge in [0.05, 0.1) is 19.0 Å². The highest BCUT2D eigenvalue weighted by Crippen LogP contribution is 2.40. The third kappa shape index (κ3) is 4.60. The zero-order chi connectivity index (χ0) is 25.6. The number of hydrogen-bond acceptors (Lipinski definition) is 8. The third-order valence-electron chi connectivity index (χ3n) is 7.18. The fourth-order valence-electron chi connectivity index (χ4n) is 5.24. The maximum absolute atomic E-state index is 13.1. The van der Waals surface area contributed by atoms with Crippen molar-refractivity contribution in [1.82, 2.24) is 24.8 Å². The fraction of sp³-hybridized carbons (Fsp3) is 0.583. The number of halogens is 3. The summed E-state index contributed by atoms with van der Waals surface area (Å²) >= 11 is 0. The molecule has 1 N–H and O–H groups in total. The summed E-state index contributed by atoms with van der Waals surface area (Å²) < 4.78 is 51.3. The number of anilines is 2. The van der Waals surface area contributed by atoms with Crippen molar-refractivity contribution in [3.05, 3.63) is 30.0 Å². The van der Waals surface area contributed by atoms with Gasteiger partial charge < -0.3 is 19.7 Å². The van der Waals surface area contributed by atoms with Gasteiger partial charge in [-0.2, -0.15) is 27.8 Å². The van der Waals surface area contributed by atoms with E-state index in [0.29, 0.717) is 29.3 Å². The summed E-state index contributed by atoms with van der Waals surface area (Å²) in [6.45, 7) is 6.68. The van der Waals surface area contributed by atoms with E-state index in [0.717, 1.165) is 44.1 Å². The van der Waals surface area contributed by atoms with Gasteiger partial charge in [-0.25, -0.2) is 0 Å². The Labute approximate surface area is 207 Å². The molecule has 1 saturated carbocycles. The van der Waals surface area contributed by atoms with E-state index in [1.807, 2.05) is 19.9 Å². The lowest BCUT2D eigenvalue weighted by molar-refractivity contribution is -0.190. The molecule has 4 heterocycles. The summed E-state index contributed by atoms with van der Waals surface area (Å²) in [7, 11) is 1.57. The summed E-state index contributed by atoms with van der Waals surface area (Å²) in [6.07, 6.45) is -2.57. The number of rotatable bonds is 7. The molecular formula is C24H30F3N7O2. The van der Waals surface area contributed by atoms with Gasteiger partial charge in [-0.1, -0.05) is 13.8 Å². The Hall–Kier alpha value is -3.31. The van der Waals surface area contributed by atoms with Gasteiger partial charge in [-0.15, -0.1) is 10.2 Å². The summed E-state index contributed by atoms with van der Waals surface area (Å²) in [6, 6.07) is 5.34. The Bertz CT molecular complexity index is 1220. The summed E-state index contributed by atoms with van der Waals surface area (Å²) in [5.74, 6) is 1.73. The van der Waals surface area contributed by atoms with Crippen molar-refractivity contribution in [2.45, 2.75) is 57.9 Å². The van der Waals surface area contributed by atoms with Crippen LogP contribution in [0.5, 0.6) is 11.8 Å². The van der Waals surface area contributed by atoms with E-state index >= 15 is 0 Å². The van der Waals surface area contributed by atoms with Gasteiger partial charge in [0.2, 0.25) is 17.7 Å². The predicted molar refractivity (Wildman–Crippen MR) is 128 cm³/mol. The smallest absolute Gasteiger partial charge is 0.425 e. The number of alkyl halides is 3. The van der Waals surface area contributed by atoms with Crippen LogP contribution in [0.3, 0.4) is 0 Å². The maximum atomic E-state index is 13.1. The first-order chi connectivity index (χ1) is 17.1. The molecule has 0 unspecified atom stereocenters. The van der Waals surface area contributed by atoms with Gasteiger partial charge in [-0.3, -0.25) is 0 Å². The Morgan fingerprint density at radius 3 is 2.47 bits per heavy atom. The topological polar surface area (TPSA) is 89.7 Å². The average Bonchev–Trinajstić information content (AvgIpc) is 3.35. The van der Waals surface area contributed by atoms with Crippen LogP contribution >= 0.6 is 0 Å². The van der Waals surface area contributed by atoms with Crippen molar-refractivity contribution in [2.75, 3.05) is 30.4 Å². The average molecular weight is 506 g/mol. The molecule has 3 aromatic rings. The number of nitrogens with zero attached hydrogens (tertiary/aromatic N) is 6. The van der Waals surface area contributed by atoms with Crippen LogP contribution in [0.25, 0.3) is 5.65 Å². The van der Waals surface area contributed by atoms with Crippen LogP contribution in [0.2, 0.25) is 0 Å². The molecule has 0 aromatic carbocycles. The van der Waals surface area contributed by atoms with Gasteiger partial charge in [0.15, 0.2) is 11.8 Å². The molecule has 194 valence electrons. The number of ether oxygens (including phenoxy) is 2. The Kier molecular flexibility index (Phi) is 6.29. The van der Waals surface area contributed by atoms with E-state index in [1.165, 1.54) is 10.6 Å². The molecule has 36 heavy (non-hydrogen) atoms. The lowest BCUT2D eigenvalue weighted by Crippen LogP contribution is -2.48. The largest absolute Gasteiger partial charge is 0.480 e. The minimum absolute atomic E-state index is 0.0108. The molecule has 0 amide bonds. The Balaban J connectivity index is 1.39. The molecule has 2 aliphatic rings. The number of methoxy groups -OCH3 is 1. The van der Waals surface area contributed by atoms with Crippen LogP contribution in [-0.4, -0.2) is 63.3 Å². The molecule has 2 bridgehead atoms. The van der Waals surface area contributed by atoms with Gasteiger partial charge in [0.1, 0.15) is 0 Å². The summed E-state index contributed by atoms with van der Waals surface area (Å²) in [5.41, 5.74) is 2.36. The molecule has 9 nitrogen and oxygen atoms in total. The minimum Gasteiger partial charge on any atom is -0.480 e. The molecule has 2 fully saturated rings. The molecule has 5 rings (SSSR count). The number of fused-ring (bicyclic) bond motifs is 3. The number of nitrogens with one attached hydrogen (secondary N) is 1. The quantitative estimate of drug-likeness (QED) is 0.508. The van der Waals surface area contributed by atoms with Crippen molar-refractivity contribution in [1.29, 1.82) is 0 Å². The molecule has 0 spiro atoms. The second-order valence-electron chi connectivity index (χ2n) is 9.88. The highest BCUT2D eigenvalue weighted by atomic mass is 19.4. The van der Waals surface area contributed by atoms with Crippen LogP contribution in [0.4, 0.5) is 24.8 Å². The van der Waals surface area contributed by atoms with Crippen LogP contribution in [0.15, 0.2) is 24.4 Å². The standard InChI is InChI=1S/C24H30F3N7O2/c1-13(2)18-7-8-20(36-14(3)24(25,26)27)34-22(18)30-23(32-34)29-21-15-5-6-16(21)12-33(11-15)17-9-19(35-4)31-28-10-17/h7-10,13-16,21H,5-6,11-12H2,1-4H3,(H,29,32)/t14-,15-,16+,21-/m0/s1. The molecule has 1 aliphatic heterocycles. The predicted octanol–water partition coefficient (Wildman–Crippen LogP) is 4.31. The third-order valence-corrected chi connectivity index (χ3v) is 7.18. The zero-order valence-corrected chi connectivity index (χ0v) is 20.7. The molecule has 1 saturated heterocycles. The Morgan fingerprint density at radius 2 is 1.83 bits per heavy atom. The van der Waals surface area contributed by atoms with E-state index < -0.39 is 12.3 Å². The van der Waals surface area contributed by atoms with E-state index in [9.17, 15) is 13.2 Å². The molecule has 3 aromatic heterocycles. The van der Waals surface area contributed by atoms with Crippen LogP contribution < -0.4 is 19.7 Å². The maximum Gasteiger partial charge on any atom is 0.425 e. The van der Waals surface area contributed by atoms with Gasteiger partial charge in [-0.05, 0) is 49.1 Å². The van der Waals surface area contributed by atoms with Crippen LogP contribution in [0.1, 0.15) is 45.1 Å². The molecule has 12 heteroatoms. The van der Waals surface area contributed by atoms with E-state index in [4.69, 9.17) is 9.47 Å². The highest BCUT2D eigenvalue weighted by molar-refractivity contribution is 5.55. The van der Waals surface area contributed by atoms with Crippen molar-refractivity contribution in [3.63, 3.8) is 0 Å². The second-order valence-corrected chi connectivity index (χ2v) is 9.88. The summed E-state index contributed by atoms with van der Waals surface area (Å²) in [4.78, 5) is 6.99. The normalized spacial score (nSPS) is 22.8. The summed E-state index contributed by atoms with van der Waals surface area (Å²) in [5, 5.41) is 16.0. The lowest BCUT2D eigenvalue weighted by Gasteiger charge is -2.39. The number of piperidine rings is 1. The fourth-order valence-corrected chi connectivity index (χ4v) is 5.24. The first kappa shape index (κ1) is 24.4. The number of hydrogen-bond donors (Lipinski definition) is 1. The molecule has 4 atom stereocenters. The molecular weight excluding hydrogens is 475 g/mol. The SMILES string of the molecule is COc1cc(N2C[C@H]3CC[C@@H](C2)[C@@H]3Nc2nc3c(C(C)C)ccc(O[C@@H](C)C(F)(F)F)n3n2)cnn1. The molecule has 1 aliphatic carbocycles. The second kappa shape index (κ2) is 9.29. The van der Waals surface area contributed by atoms with Crippen LogP contribution in [0, 0.1) is 11.8 Å².